The Hall–Kier alpha value is -2.82. The van der Waals surface area contributed by atoms with Crippen molar-refractivity contribution in [2.24, 2.45) is 7.05 Å². The number of amides is 1. The molecule has 3 N–H and O–H groups in total. The van der Waals surface area contributed by atoms with Gasteiger partial charge < -0.3 is 11.1 Å². The van der Waals surface area contributed by atoms with E-state index < -0.39 is 0 Å². The van der Waals surface area contributed by atoms with E-state index in [0.29, 0.717) is 11.3 Å². The molecule has 0 aliphatic rings. The number of nitrogens with one attached hydrogen (secondary N) is 1. The Morgan fingerprint density at radius 2 is 1.95 bits per heavy atom. The maximum atomic E-state index is 12.1. The highest BCUT2D eigenvalue weighted by molar-refractivity contribution is 6.05. The number of aryl methyl sites for hydroxylation is 1. The van der Waals surface area contributed by atoms with E-state index in [-0.39, 0.29) is 5.91 Å². The molecule has 0 aliphatic carbocycles. The van der Waals surface area contributed by atoms with Crippen LogP contribution in [-0.2, 0) is 7.05 Å². The lowest BCUT2D eigenvalue weighted by Crippen LogP contribution is -2.11. The molecule has 0 bridgehead atoms. The third kappa shape index (κ3) is 2.21. The third-order valence-electron chi connectivity index (χ3n) is 3.18. The van der Waals surface area contributed by atoms with Crippen molar-refractivity contribution in [3.05, 3.63) is 54.2 Å². The normalized spacial score (nSPS) is 10.7. The van der Waals surface area contributed by atoms with Gasteiger partial charge in [0.2, 0.25) is 0 Å². The fraction of sp³-hybridized carbons (Fsp3) is 0.0667. The number of nitrogens with zero attached hydrogens (tertiary/aromatic N) is 2. The van der Waals surface area contributed by atoms with Crippen molar-refractivity contribution in [3.63, 3.8) is 0 Å². The van der Waals surface area contributed by atoms with Crippen LogP contribution >= 0.6 is 0 Å². The van der Waals surface area contributed by atoms with Crippen molar-refractivity contribution in [2.75, 3.05) is 11.1 Å². The van der Waals surface area contributed by atoms with Crippen LogP contribution in [0.15, 0.2) is 48.7 Å². The van der Waals surface area contributed by atoms with E-state index in [2.05, 4.69) is 10.4 Å². The number of rotatable bonds is 2. The van der Waals surface area contributed by atoms with Gasteiger partial charge in [-0.05, 0) is 42.5 Å². The number of benzene rings is 2. The third-order valence-corrected chi connectivity index (χ3v) is 3.18. The number of hydrogen-bond acceptors (Lipinski definition) is 3. The number of anilines is 2. The first kappa shape index (κ1) is 12.2. The van der Waals surface area contributed by atoms with Crippen molar-refractivity contribution < 1.29 is 4.79 Å². The Labute approximate surface area is 116 Å². The number of aromatic nitrogens is 2. The van der Waals surface area contributed by atoms with E-state index in [1.807, 2.05) is 25.2 Å². The standard InChI is InChI=1S/C15H14N4O/c1-19-14-8-13(7-4-11(14)9-17-19)18-15(20)10-2-5-12(16)6-3-10/h2-9H,16H2,1H3,(H,18,20). The van der Waals surface area contributed by atoms with Crippen molar-refractivity contribution in [1.29, 1.82) is 0 Å². The van der Waals surface area contributed by atoms with Crippen LogP contribution in [0.25, 0.3) is 10.9 Å². The lowest BCUT2D eigenvalue weighted by molar-refractivity contribution is 0.102. The molecule has 5 heteroatoms. The summed E-state index contributed by atoms with van der Waals surface area (Å²) < 4.78 is 1.77. The van der Waals surface area contributed by atoms with Gasteiger partial charge in [0, 0.05) is 29.4 Å². The smallest absolute Gasteiger partial charge is 0.255 e. The SMILES string of the molecule is Cn1ncc2ccc(NC(=O)c3ccc(N)cc3)cc21. The summed E-state index contributed by atoms with van der Waals surface area (Å²) in [5.74, 6) is -0.161. The van der Waals surface area contributed by atoms with Gasteiger partial charge in [0.15, 0.2) is 0 Å². The number of nitrogens with two attached hydrogens (primary N) is 1. The van der Waals surface area contributed by atoms with Gasteiger partial charge in [-0.15, -0.1) is 0 Å². The minimum atomic E-state index is -0.161. The molecule has 0 unspecified atom stereocenters. The van der Waals surface area contributed by atoms with Crippen molar-refractivity contribution in [3.8, 4) is 0 Å². The molecule has 20 heavy (non-hydrogen) atoms. The van der Waals surface area contributed by atoms with Gasteiger partial charge in [-0.2, -0.15) is 5.10 Å². The molecular formula is C15H14N4O. The summed E-state index contributed by atoms with van der Waals surface area (Å²) >= 11 is 0. The average Bonchev–Trinajstić information content (AvgIpc) is 2.81. The van der Waals surface area contributed by atoms with E-state index in [1.165, 1.54) is 0 Å². The van der Waals surface area contributed by atoms with Crippen LogP contribution in [0.4, 0.5) is 11.4 Å². The number of hydrogen-bond donors (Lipinski definition) is 2. The molecule has 0 radical (unpaired) electrons. The highest BCUT2D eigenvalue weighted by atomic mass is 16.1. The summed E-state index contributed by atoms with van der Waals surface area (Å²) in [5.41, 5.74) is 8.53. The first-order chi connectivity index (χ1) is 9.63. The van der Waals surface area contributed by atoms with Crippen LogP contribution in [-0.4, -0.2) is 15.7 Å². The first-order valence-corrected chi connectivity index (χ1v) is 6.22. The van der Waals surface area contributed by atoms with Gasteiger partial charge in [0.1, 0.15) is 0 Å². The summed E-state index contributed by atoms with van der Waals surface area (Å²) in [5, 5.41) is 8.08. The Morgan fingerprint density at radius 1 is 1.20 bits per heavy atom. The highest BCUT2D eigenvalue weighted by Gasteiger charge is 2.07. The zero-order valence-corrected chi connectivity index (χ0v) is 11.0. The second kappa shape index (κ2) is 4.70. The number of nitrogen functional groups attached to an aromatic ring is 1. The molecule has 1 amide bonds. The van der Waals surface area contributed by atoms with Crippen molar-refractivity contribution >= 4 is 28.2 Å². The zero-order chi connectivity index (χ0) is 14.1. The molecule has 2 aromatic carbocycles. The molecule has 3 aromatic rings. The molecule has 1 aromatic heterocycles. The molecule has 0 aliphatic heterocycles. The molecule has 0 saturated heterocycles. The van der Waals surface area contributed by atoms with Crippen LogP contribution < -0.4 is 11.1 Å². The molecule has 0 atom stereocenters. The van der Waals surface area contributed by atoms with E-state index in [4.69, 9.17) is 5.73 Å². The molecule has 100 valence electrons. The van der Waals surface area contributed by atoms with Gasteiger partial charge in [-0.1, -0.05) is 0 Å². The zero-order valence-electron chi connectivity index (χ0n) is 11.0. The molecule has 0 fully saturated rings. The van der Waals surface area contributed by atoms with Crippen molar-refractivity contribution in [2.45, 2.75) is 0 Å². The van der Waals surface area contributed by atoms with Crippen LogP contribution in [0.5, 0.6) is 0 Å². The summed E-state index contributed by atoms with van der Waals surface area (Å²) in [7, 11) is 1.87. The van der Waals surface area contributed by atoms with Gasteiger partial charge >= 0.3 is 0 Å². The highest BCUT2D eigenvalue weighted by Crippen LogP contribution is 2.19. The topological polar surface area (TPSA) is 72.9 Å². The van der Waals surface area contributed by atoms with E-state index in [0.717, 1.165) is 16.6 Å². The van der Waals surface area contributed by atoms with Crippen LogP contribution in [0, 0.1) is 0 Å². The fourth-order valence-electron chi connectivity index (χ4n) is 2.06. The molecular weight excluding hydrogens is 252 g/mol. The second-order valence-electron chi connectivity index (χ2n) is 4.62. The van der Waals surface area contributed by atoms with Crippen LogP contribution in [0.1, 0.15) is 10.4 Å². The quantitative estimate of drug-likeness (QED) is 0.699. The summed E-state index contributed by atoms with van der Waals surface area (Å²) in [6.07, 6.45) is 1.79. The van der Waals surface area contributed by atoms with E-state index >= 15 is 0 Å². The van der Waals surface area contributed by atoms with Gasteiger partial charge in [-0.25, -0.2) is 0 Å². The lowest BCUT2D eigenvalue weighted by atomic mass is 10.2. The fourth-order valence-corrected chi connectivity index (χ4v) is 2.06. The lowest BCUT2D eigenvalue weighted by Gasteiger charge is -2.06. The minimum Gasteiger partial charge on any atom is -0.399 e. The molecule has 0 spiro atoms. The number of carbonyl (C=O) groups is 1. The van der Waals surface area contributed by atoms with Gasteiger partial charge in [0.25, 0.3) is 5.91 Å². The summed E-state index contributed by atoms with van der Waals surface area (Å²) in [6, 6.07) is 12.5. The first-order valence-electron chi connectivity index (χ1n) is 6.22. The van der Waals surface area contributed by atoms with E-state index in [9.17, 15) is 4.79 Å². The Morgan fingerprint density at radius 3 is 2.70 bits per heavy atom. The maximum absolute atomic E-state index is 12.1. The number of fused-ring (bicyclic) bond motifs is 1. The van der Waals surface area contributed by atoms with Gasteiger partial charge in [0.05, 0.1) is 11.7 Å². The summed E-state index contributed by atoms with van der Waals surface area (Å²) in [6.45, 7) is 0. The summed E-state index contributed by atoms with van der Waals surface area (Å²) in [4.78, 5) is 12.1. The average molecular weight is 266 g/mol. The molecule has 5 nitrogen and oxygen atoms in total. The predicted molar refractivity (Wildman–Crippen MR) is 79.5 cm³/mol. The number of carbonyl (C=O) groups excluding carboxylic acids is 1. The minimum absolute atomic E-state index is 0.161. The molecule has 3 rings (SSSR count). The molecule has 1 heterocycles. The monoisotopic (exact) mass is 266 g/mol. The van der Waals surface area contributed by atoms with E-state index in [1.54, 1.807) is 35.1 Å². The van der Waals surface area contributed by atoms with Crippen LogP contribution in [0.3, 0.4) is 0 Å². The second-order valence-corrected chi connectivity index (χ2v) is 4.62. The Kier molecular flexibility index (Phi) is 2.87. The van der Waals surface area contributed by atoms with Gasteiger partial charge in [-0.3, -0.25) is 9.48 Å². The maximum Gasteiger partial charge on any atom is 0.255 e. The Bertz CT molecular complexity index is 774. The predicted octanol–water partition coefficient (Wildman–Crippen LogP) is 2.41. The van der Waals surface area contributed by atoms with Crippen molar-refractivity contribution in [1.82, 2.24) is 9.78 Å². The van der Waals surface area contributed by atoms with Crippen LogP contribution in [0.2, 0.25) is 0 Å². The molecule has 0 saturated carbocycles. The Balaban J connectivity index is 1.86. The largest absolute Gasteiger partial charge is 0.399 e.